The van der Waals surface area contributed by atoms with Gasteiger partial charge in [-0.2, -0.15) is 0 Å². The van der Waals surface area contributed by atoms with Gasteiger partial charge in [0.2, 0.25) is 0 Å². The van der Waals surface area contributed by atoms with Gasteiger partial charge in [-0.3, -0.25) is 4.79 Å². The molecule has 1 heterocycles. The van der Waals surface area contributed by atoms with Crippen molar-refractivity contribution in [3.8, 4) is 0 Å². The number of aromatic nitrogens is 1. The minimum Gasteiger partial charge on any atom is -0.397 e. The number of nitrogens with zero attached hydrogens (tertiary/aromatic N) is 2. The average molecular weight is 296 g/mol. The van der Waals surface area contributed by atoms with Crippen molar-refractivity contribution < 1.29 is 4.79 Å². The van der Waals surface area contributed by atoms with Crippen LogP contribution in [-0.4, -0.2) is 28.4 Å². The van der Waals surface area contributed by atoms with Crippen LogP contribution in [0.1, 0.15) is 49.9 Å². The molecule has 1 aromatic rings. The highest BCUT2D eigenvalue weighted by Crippen LogP contribution is 2.27. The lowest BCUT2D eigenvalue weighted by Gasteiger charge is -2.31. The van der Waals surface area contributed by atoms with E-state index in [9.17, 15) is 4.79 Å². The van der Waals surface area contributed by atoms with E-state index in [0.29, 0.717) is 23.2 Å². The van der Waals surface area contributed by atoms with Crippen molar-refractivity contribution in [2.75, 3.05) is 12.3 Å². The Kier molecular flexibility index (Phi) is 4.86. The third-order valence-electron chi connectivity index (χ3n) is 3.68. The van der Waals surface area contributed by atoms with Gasteiger partial charge in [-0.25, -0.2) is 4.98 Å². The summed E-state index contributed by atoms with van der Waals surface area (Å²) in [4.78, 5) is 18.7. The van der Waals surface area contributed by atoms with Crippen molar-refractivity contribution in [3.63, 3.8) is 0 Å². The SMILES string of the molecule is CC(C)CN(C(=O)c1cc(N)cnc1Cl)C1CCCC1. The molecule has 2 N–H and O–H groups in total. The van der Waals surface area contributed by atoms with Gasteiger partial charge in [0, 0.05) is 12.6 Å². The molecule has 1 amide bonds. The second-order valence-electron chi connectivity index (χ2n) is 5.90. The molecule has 1 aliphatic rings. The van der Waals surface area contributed by atoms with Crippen molar-refractivity contribution in [2.45, 2.75) is 45.6 Å². The summed E-state index contributed by atoms with van der Waals surface area (Å²) in [5.74, 6) is 0.378. The summed E-state index contributed by atoms with van der Waals surface area (Å²) >= 11 is 6.06. The fraction of sp³-hybridized carbons (Fsp3) is 0.600. The predicted molar refractivity (Wildman–Crippen MR) is 81.8 cm³/mol. The molecule has 110 valence electrons. The lowest BCUT2D eigenvalue weighted by atomic mass is 10.1. The van der Waals surface area contributed by atoms with Gasteiger partial charge in [-0.05, 0) is 24.8 Å². The summed E-state index contributed by atoms with van der Waals surface area (Å²) in [6.07, 6.45) is 6.00. The van der Waals surface area contributed by atoms with E-state index in [1.165, 1.54) is 19.0 Å². The third-order valence-corrected chi connectivity index (χ3v) is 3.98. The molecule has 0 saturated heterocycles. The van der Waals surface area contributed by atoms with Crippen LogP contribution in [0.25, 0.3) is 0 Å². The molecule has 0 unspecified atom stereocenters. The normalized spacial score (nSPS) is 15.8. The molecule has 1 saturated carbocycles. The number of halogens is 1. The lowest BCUT2D eigenvalue weighted by molar-refractivity contribution is 0.0655. The fourth-order valence-electron chi connectivity index (χ4n) is 2.78. The minimum atomic E-state index is -0.0459. The van der Waals surface area contributed by atoms with Crippen LogP contribution in [0.15, 0.2) is 12.3 Å². The Morgan fingerprint density at radius 1 is 1.50 bits per heavy atom. The van der Waals surface area contributed by atoms with Gasteiger partial charge in [-0.1, -0.05) is 38.3 Å². The molecule has 1 aromatic heterocycles. The number of nitrogens with two attached hydrogens (primary N) is 1. The number of amides is 1. The zero-order chi connectivity index (χ0) is 14.7. The highest BCUT2D eigenvalue weighted by molar-refractivity contribution is 6.32. The summed E-state index contributed by atoms with van der Waals surface area (Å²) in [5, 5.41) is 0.232. The maximum atomic E-state index is 12.8. The highest BCUT2D eigenvalue weighted by Gasteiger charge is 2.29. The van der Waals surface area contributed by atoms with E-state index >= 15 is 0 Å². The van der Waals surface area contributed by atoms with Crippen molar-refractivity contribution in [3.05, 3.63) is 23.0 Å². The molecule has 4 nitrogen and oxygen atoms in total. The van der Waals surface area contributed by atoms with Crippen LogP contribution in [0.2, 0.25) is 5.15 Å². The largest absolute Gasteiger partial charge is 0.397 e. The lowest BCUT2D eigenvalue weighted by Crippen LogP contribution is -2.41. The number of pyridine rings is 1. The van der Waals surface area contributed by atoms with Crippen LogP contribution in [0, 0.1) is 5.92 Å². The zero-order valence-electron chi connectivity index (χ0n) is 12.1. The number of nitrogen functional groups attached to an aromatic ring is 1. The number of carbonyl (C=O) groups is 1. The molecule has 0 spiro atoms. The van der Waals surface area contributed by atoms with Crippen LogP contribution in [-0.2, 0) is 0 Å². The van der Waals surface area contributed by atoms with E-state index in [0.717, 1.165) is 19.4 Å². The van der Waals surface area contributed by atoms with Gasteiger partial charge >= 0.3 is 0 Å². The highest BCUT2D eigenvalue weighted by atomic mass is 35.5. The van der Waals surface area contributed by atoms with Crippen LogP contribution in [0.4, 0.5) is 5.69 Å². The summed E-state index contributed by atoms with van der Waals surface area (Å²) in [5.41, 5.74) is 6.61. The first kappa shape index (κ1) is 15.1. The average Bonchev–Trinajstić information content (AvgIpc) is 2.91. The molecule has 20 heavy (non-hydrogen) atoms. The van der Waals surface area contributed by atoms with Gasteiger partial charge < -0.3 is 10.6 Å². The Morgan fingerprint density at radius 3 is 2.75 bits per heavy atom. The molecular weight excluding hydrogens is 274 g/mol. The van der Waals surface area contributed by atoms with E-state index in [-0.39, 0.29) is 11.1 Å². The summed E-state index contributed by atoms with van der Waals surface area (Å²) in [6.45, 7) is 4.98. The number of rotatable bonds is 4. The molecule has 1 fully saturated rings. The molecule has 0 aromatic carbocycles. The molecule has 0 atom stereocenters. The maximum Gasteiger partial charge on any atom is 0.257 e. The second kappa shape index (κ2) is 6.44. The van der Waals surface area contributed by atoms with Crippen molar-refractivity contribution in [1.82, 2.24) is 9.88 Å². The first-order valence-electron chi connectivity index (χ1n) is 7.21. The van der Waals surface area contributed by atoms with Crippen molar-refractivity contribution >= 4 is 23.2 Å². The van der Waals surface area contributed by atoms with Crippen molar-refractivity contribution in [1.29, 1.82) is 0 Å². The van der Waals surface area contributed by atoms with Crippen molar-refractivity contribution in [2.24, 2.45) is 5.92 Å². The Hall–Kier alpha value is -1.29. The fourth-order valence-corrected chi connectivity index (χ4v) is 2.96. The Morgan fingerprint density at radius 2 is 2.15 bits per heavy atom. The van der Waals surface area contributed by atoms with Gasteiger partial charge in [-0.15, -0.1) is 0 Å². The topological polar surface area (TPSA) is 59.2 Å². The van der Waals surface area contributed by atoms with Crippen LogP contribution >= 0.6 is 11.6 Å². The quantitative estimate of drug-likeness (QED) is 0.867. The van der Waals surface area contributed by atoms with Crippen LogP contribution in [0.5, 0.6) is 0 Å². The van der Waals surface area contributed by atoms with Crippen LogP contribution in [0.3, 0.4) is 0 Å². The molecule has 5 heteroatoms. The summed E-state index contributed by atoms with van der Waals surface area (Å²) in [6, 6.07) is 1.95. The van der Waals surface area contributed by atoms with E-state index in [4.69, 9.17) is 17.3 Å². The monoisotopic (exact) mass is 295 g/mol. The maximum absolute atomic E-state index is 12.8. The standard InChI is InChI=1S/C15H22ClN3O/c1-10(2)9-19(12-5-3-4-6-12)15(20)13-7-11(17)8-18-14(13)16/h7-8,10,12H,3-6,9,17H2,1-2H3. The van der Waals surface area contributed by atoms with Gasteiger partial charge in [0.05, 0.1) is 17.4 Å². The molecule has 1 aliphatic carbocycles. The zero-order valence-corrected chi connectivity index (χ0v) is 12.9. The van der Waals surface area contributed by atoms with E-state index < -0.39 is 0 Å². The smallest absolute Gasteiger partial charge is 0.257 e. The van der Waals surface area contributed by atoms with E-state index in [2.05, 4.69) is 18.8 Å². The van der Waals surface area contributed by atoms with E-state index in [1.54, 1.807) is 6.07 Å². The van der Waals surface area contributed by atoms with Gasteiger partial charge in [0.25, 0.3) is 5.91 Å². The number of hydrogen-bond donors (Lipinski definition) is 1. The van der Waals surface area contributed by atoms with Gasteiger partial charge in [0.1, 0.15) is 5.15 Å². The molecular formula is C15H22ClN3O. The van der Waals surface area contributed by atoms with Crippen LogP contribution < -0.4 is 5.73 Å². The van der Waals surface area contributed by atoms with Gasteiger partial charge in [0.15, 0.2) is 0 Å². The Labute approximate surface area is 125 Å². The Bertz CT molecular complexity index is 484. The minimum absolute atomic E-state index is 0.0459. The second-order valence-corrected chi connectivity index (χ2v) is 6.25. The molecule has 0 aliphatic heterocycles. The predicted octanol–water partition coefficient (Wildman–Crippen LogP) is 3.36. The Balaban J connectivity index is 2.27. The third kappa shape index (κ3) is 3.42. The molecule has 0 radical (unpaired) electrons. The molecule has 0 bridgehead atoms. The first-order valence-corrected chi connectivity index (χ1v) is 7.59. The van der Waals surface area contributed by atoms with E-state index in [1.807, 2.05) is 4.90 Å². The molecule has 2 rings (SSSR count). The number of hydrogen-bond acceptors (Lipinski definition) is 3. The summed E-state index contributed by atoms with van der Waals surface area (Å²) in [7, 11) is 0. The summed E-state index contributed by atoms with van der Waals surface area (Å²) < 4.78 is 0. The number of anilines is 1. The number of carbonyl (C=O) groups excluding carboxylic acids is 1. The first-order chi connectivity index (χ1) is 9.49.